The van der Waals surface area contributed by atoms with Gasteiger partial charge in [-0.05, 0) is 36.4 Å². The Hall–Kier alpha value is -2.53. The van der Waals surface area contributed by atoms with E-state index in [0.29, 0.717) is 35.2 Å². The number of carbonyl (C=O) groups is 1. The molecule has 0 bridgehead atoms. The zero-order valence-electron chi connectivity index (χ0n) is 11.5. The van der Waals surface area contributed by atoms with Gasteiger partial charge in [-0.3, -0.25) is 4.79 Å². The van der Waals surface area contributed by atoms with Crippen molar-refractivity contribution in [1.29, 1.82) is 0 Å². The molecule has 1 N–H and O–H groups in total. The van der Waals surface area contributed by atoms with E-state index in [2.05, 4.69) is 9.97 Å². The molecular weight excluding hydrogens is 302 g/mol. The maximum absolute atomic E-state index is 12.8. The molecule has 0 atom stereocenters. The molecule has 0 spiro atoms. The van der Waals surface area contributed by atoms with Crippen LogP contribution in [0.2, 0.25) is 5.02 Å². The topological polar surface area (TPSA) is 58.2 Å². The van der Waals surface area contributed by atoms with E-state index < -0.39 is 0 Å². The first-order valence-corrected chi connectivity index (χ1v) is 7.27. The molecule has 0 radical (unpaired) electrons. The van der Waals surface area contributed by atoms with Gasteiger partial charge in [0, 0.05) is 10.6 Å². The quantitative estimate of drug-likeness (QED) is 0.750. The molecule has 4 rings (SSSR count). The zero-order valence-corrected chi connectivity index (χ0v) is 12.3. The molecule has 2 aromatic carbocycles. The summed E-state index contributed by atoms with van der Waals surface area (Å²) < 4.78 is 5.58. The van der Waals surface area contributed by atoms with Crippen LogP contribution in [0.4, 0.5) is 5.69 Å². The highest BCUT2D eigenvalue weighted by atomic mass is 35.5. The van der Waals surface area contributed by atoms with Crippen LogP contribution >= 0.6 is 11.6 Å². The number of anilines is 1. The Balaban J connectivity index is 1.75. The number of ether oxygens (including phenoxy) is 1. The van der Waals surface area contributed by atoms with Crippen LogP contribution in [0.15, 0.2) is 42.7 Å². The molecule has 1 amide bonds. The number of rotatable bonds is 1. The number of fused-ring (bicyclic) bond motifs is 2. The summed E-state index contributed by atoms with van der Waals surface area (Å²) in [5, 5.41) is 0.575. The molecule has 5 nitrogen and oxygen atoms in total. The van der Waals surface area contributed by atoms with Crippen molar-refractivity contribution in [2.75, 3.05) is 18.1 Å². The summed E-state index contributed by atoms with van der Waals surface area (Å²) in [5.41, 5.74) is 2.98. The van der Waals surface area contributed by atoms with Crippen LogP contribution in [-0.2, 0) is 0 Å². The van der Waals surface area contributed by atoms with Gasteiger partial charge in [0.25, 0.3) is 5.91 Å². The van der Waals surface area contributed by atoms with Gasteiger partial charge >= 0.3 is 0 Å². The maximum Gasteiger partial charge on any atom is 0.258 e. The van der Waals surface area contributed by atoms with Crippen molar-refractivity contribution in [1.82, 2.24) is 9.97 Å². The second kappa shape index (κ2) is 5.03. The van der Waals surface area contributed by atoms with Crippen LogP contribution in [0, 0.1) is 0 Å². The van der Waals surface area contributed by atoms with Gasteiger partial charge in [-0.1, -0.05) is 11.6 Å². The van der Waals surface area contributed by atoms with E-state index in [4.69, 9.17) is 16.3 Å². The Labute approximate surface area is 131 Å². The van der Waals surface area contributed by atoms with Crippen molar-refractivity contribution in [3.8, 4) is 5.75 Å². The largest absolute Gasteiger partial charge is 0.490 e. The minimum atomic E-state index is -0.0803. The lowest BCUT2D eigenvalue weighted by molar-refractivity contribution is 0.0976. The number of H-pyrrole nitrogens is 1. The van der Waals surface area contributed by atoms with E-state index in [-0.39, 0.29) is 5.91 Å². The fraction of sp³-hybridized carbons (Fsp3) is 0.125. The van der Waals surface area contributed by atoms with Gasteiger partial charge in [0.2, 0.25) is 0 Å². The van der Waals surface area contributed by atoms with Crippen molar-refractivity contribution in [2.24, 2.45) is 0 Å². The molecule has 2 heterocycles. The van der Waals surface area contributed by atoms with Crippen molar-refractivity contribution >= 4 is 34.2 Å². The molecule has 0 fully saturated rings. The van der Waals surface area contributed by atoms with Crippen LogP contribution in [0.25, 0.3) is 11.0 Å². The minimum absolute atomic E-state index is 0.0803. The van der Waals surface area contributed by atoms with Gasteiger partial charge < -0.3 is 14.6 Å². The number of halogens is 1. The third kappa shape index (κ3) is 2.10. The summed E-state index contributed by atoms with van der Waals surface area (Å²) in [7, 11) is 0. The Kier molecular flexibility index (Phi) is 3.01. The number of carbonyl (C=O) groups excluding carboxylic acids is 1. The second-order valence-corrected chi connectivity index (χ2v) is 5.49. The number of benzene rings is 2. The highest BCUT2D eigenvalue weighted by Gasteiger charge is 2.25. The van der Waals surface area contributed by atoms with Gasteiger partial charge in [0.1, 0.15) is 12.4 Å². The van der Waals surface area contributed by atoms with Crippen LogP contribution in [0.3, 0.4) is 0 Å². The van der Waals surface area contributed by atoms with Gasteiger partial charge in [0.05, 0.1) is 29.6 Å². The lowest BCUT2D eigenvalue weighted by atomic mass is 10.1. The van der Waals surface area contributed by atoms with Gasteiger partial charge in [0.15, 0.2) is 0 Å². The number of imidazole rings is 1. The van der Waals surface area contributed by atoms with Crippen LogP contribution in [0.1, 0.15) is 10.4 Å². The number of nitrogens with zero attached hydrogens (tertiary/aromatic N) is 2. The Morgan fingerprint density at radius 2 is 2.18 bits per heavy atom. The maximum atomic E-state index is 12.8. The highest BCUT2D eigenvalue weighted by Crippen LogP contribution is 2.34. The predicted octanol–water partition coefficient (Wildman–Crippen LogP) is 3.26. The molecule has 0 aliphatic carbocycles. The van der Waals surface area contributed by atoms with E-state index in [1.54, 1.807) is 35.5 Å². The van der Waals surface area contributed by atoms with Crippen molar-refractivity contribution in [3.05, 3.63) is 53.3 Å². The fourth-order valence-electron chi connectivity index (χ4n) is 2.63. The zero-order chi connectivity index (χ0) is 15.1. The fourth-order valence-corrected chi connectivity index (χ4v) is 2.79. The Morgan fingerprint density at radius 1 is 1.27 bits per heavy atom. The van der Waals surface area contributed by atoms with E-state index in [9.17, 15) is 4.79 Å². The summed E-state index contributed by atoms with van der Waals surface area (Å²) in [6.07, 6.45) is 1.61. The standard InChI is InChI=1S/C16H12ClN3O2/c17-11-2-4-15-14(8-11)20(5-6-22-15)16(21)10-1-3-12-13(7-10)19-9-18-12/h1-4,7-9H,5-6H2,(H,18,19). The molecule has 1 aliphatic rings. The van der Waals surface area contributed by atoms with E-state index in [1.165, 1.54) is 0 Å². The van der Waals surface area contributed by atoms with Gasteiger partial charge in [-0.25, -0.2) is 4.98 Å². The molecule has 1 aliphatic heterocycles. The van der Waals surface area contributed by atoms with Crippen molar-refractivity contribution < 1.29 is 9.53 Å². The number of hydrogen-bond donors (Lipinski definition) is 1. The second-order valence-electron chi connectivity index (χ2n) is 5.05. The smallest absolute Gasteiger partial charge is 0.258 e. The monoisotopic (exact) mass is 313 g/mol. The van der Waals surface area contributed by atoms with E-state index in [0.717, 1.165) is 11.0 Å². The number of aromatic amines is 1. The summed E-state index contributed by atoms with van der Waals surface area (Å²) >= 11 is 6.05. The first-order valence-electron chi connectivity index (χ1n) is 6.90. The molecule has 0 saturated carbocycles. The first kappa shape index (κ1) is 13.2. The molecule has 1 aromatic heterocycles. The lowest BCUT2D eigenvalue weighted by Gasteiger charge is -2.29. The molecule has 3 aromatic rings. The van der Waals surface area contributed by atoms with Gasteiger partial charge in [-0.15, -0.1) is 0 Å². The molecule has 6 heteroatoms. The van der Waals surface area contributed by atoms with Crippen LogP contribution < -0.4 is 9.64 Å². The number of hydrogen-bond acceptors (Lipinski definition) is 3. The molecule has 0 unspecified atom stereocenters. The summed E-state index contributed by atoms with van der Waals surface area (Å²) in [5.74, 6) is 0.593. The van der Waals surface area contributed by atoms with Gasteiger partial charge in [-0.2, -0.15) is 0 Å². The van der Waals surface area contributed by atoms with E-state index >= 15 is 0 Å². The van der Waals surface area contributed by atoms with Crippen molar-refractivity contribution in [3.63, 3.8) is 0 Å². The number of amides is 1. The lowest BCUT2D eigenvalue weighted by Crippen LogP contribution is -2.37. The minimum Gasteiger partial charge on any atom is -0.490 e. The van der Waals surface area contributed by atoms with Crippen LogP contribution in [0.5, 0.6) is 5.75 Å². The highest BCUT2D eigenvalue weighted by molar-refractivity contribution is 6.31. The Morgan fingerprint density at radius 3 is 3.09 bits per heavy atom. The SMILES string of the molecule is O=C(c1ccc2nc[nH]c2c1)N1CCOc2ccc(Cl)cc21. The average molecular weight is 314 g/mol. The first-order chi connectivity index (χ1) is 10.7. The third-order valence-electron chi connectivity index (χ3n) is 3.70. The molecule has 0 saturated heterocycles. The molecule has 22 heavy (non-hydrogen) atoms. The normalized spacial score (nSPS) is 13.8. The summed E-state index contributed by atoms with van der Waals surface area (Å²) in [6.45, 7) is 0.958. The molecular formula is C16H12ClN3O2. The number of nitrogens with one attached hydrogen (secondary N) is 1. The number of aromatic nitrogens is 2. The average Bonchev–Trinajstić information content (AvgIpc) is 3.01. The molecule has 110 valence electrons. The summed E-state index contributed by atoms with van der Waals surface area (Å²) in [4.78, 5) is 21.7. The van der Waals surface area contributed by atoms with E-state index in [1.807, 2.05) is 12.1 Å². The Bertz CT molecular complexity index is 875. The third-order valence-corrected chi connectivity index (χ3v) is 3.93. The summed E-state index contributed by atoms with van der Waals surface area (Å²) in [6, 6.07) is 10.7. The predicted molar refractivity (Wildman–Crippen MR) is 84.7 cm³/mol. The van der Waals surface area contributed by atoms with Crippen molar-refractivity contribution in [2.45, 2.75) is 0 Å². The van der Waals surface area contributed by atoms with Crippen LogP contribution in [-0.4, -0.2) is 29.0 Å².